The van der Waals surface area contributed by atoms with E-state index >= 15 is 0 Å². The molecule has 0 radical (unpaired) electrons. The maximum atomic E-state index is 8.96. The largest absolute Gasteiger partial charge is 0.396 e. The summed E-state index contributed by atoms with van der Waals surface area (Å²) >= 11 is 0. The van der Waals surface area contributed by atoms with E-state index in [-0.39, 0.29) is 0 Å². The summed E-state index contributed by atoms with van der Waals surface area (Å²) < 4.78 is 0. The van der Waals surface area contributed by atoms with Gasteiger partial charge in [-0.05, 0) is 32.1 Å². The Bertz CT molecular complexity index is 173. The smallest absolute Gasteiger partial charge is 0.0443 e. The van der Waals surface area contributed by atoms with E-state index in [0.717, 1.165) is 25.0 Å². The summed E-state index contributed by atoms with van der Waals surface area (Å²) in [6, 6.07) is 1.70. The van der Waals surface area contributed by atoms with Crippen LogP contribution in [0.2, 0.25) is 0 Å². The number of rotatable bonds is 5. The van der Waals surface area contributed by atoms with E-state index < -0.39 is 0 Å². The molecule has 0 unspecified atom stereocenters. The molecule has 0 bridgehead atoms. The monoisotopic (exact) mass is 211 g/mol. The predicted octanol–water partition coefficient (Wildman–Crippen LogP) is 2.56. The van der Waals surface area contributed by atoms with E-state index in [1.807, 2.05) is 0 Å². The van der Waals surface area contributed by atoms with Gasteiger partial charge in [-0.15, -0.1) is 0 Å². The highest BCUT2D eigenvalue weighted by molar-refractivity contribution is 4.86. The third kappa shape index (κ3) is 2.94. The van der Waals surface area contributed by atoms with Crippen molar-refractivity contribution in [1.82, 2.24) is 4.90 Å². The van der Waals surface area contributed by atoms with Crippen LogP contribution in [0.3, 0.4) is 0 Å². The third-order valence-corrected chi connectivity index (χ3v) is 4.16. The molecule has 1 N–H and O–H groups in total. The van der Waals surface area contributed by atoms with Crippen LogP contribution in [0.25, 0.3) is 0 Å². The summed E-state index contributed by atoms with van der Waals surface area (Å²) in [5, 5.41) is 8.96. The first-order valence-corrected chi connectivity index (χ1v) is 6.78. The molecule has 0 aromatic rings. The van der Waals surface area contributed by atoms with Crippen molar-refractivity contribution in [3.8, 4) is 0 Å². The number of hydrogen-bond acceptors (Lipinski definition) is 2. The Balaban J connectivity index is 1.84. The molecule has 2 aliphatic rings. The molecule has 0 spiro atoms. The second kappa shape index (κ2) is 5.86. The molecule has 0 aliphatic heterocycles. The Morgan fingerprint density at radius 1 is 0.867 bits per heavy atom. The number of nitrogens with zero attached hydrogens (tertiary/aromatic N) is 1. The second-order valence-corrected chi connectivity index (χ2v) is 5.19. The summed E-state index contributed by atoms with van der Waals surface area (Å²) in [5.74, 6) is 0. The van der Waals surface area contributed by atoms with Crippen molar-refractivity contribution in [2.75, 3.05) is 13.2 Å². The molecule has 2 fully saturated rings. The maximum absolute atomic E-state index is 8.96. The number of aliphatic hydroxyl groups is 1. The zero-order valence-corrected chi connectivity index (χ0v) is 9.83. The Kier molecular flexibility index (Phi) is 4.45. The molecule has 0 aromatic carbocycles. The molecule has 0 saturated heterocycles. The lowest BCUT2D eigenvalue weighted by Gasteiger charge is -2.44. The molecule has 0 heterocycles. The summed E-state index contributed by atoms with van der Waals surface area (Å²) in [6.45, 7) is 1.49. The lowest BCUT2D eigenvalue weighted by atomic mass is 9.86. The van der Waals surface area contributed by atoms with Crippen LogP contribution in [-0.2, 0) is 0 Å². The fourth-order valence-corrected chi connectivity index (χ4v) is 3.05. The van der Waals surface area contributed by atoms with Crippen molar-refractivity contribution >= 4 is 0 Å². The highest BCUT2D eigenvalue weighted by atomic mass is 16.3. The molecule has 0 amide bonds. The normalized spacial score (nSPS) is 24.4. The molecular formula is C13H25NO. The van der Waals surface area contributed by atoms with Gasteiger partial charge in [0, 0.05) is 25.2 Å². The van der Waals surface area contributed by atoms with Crippen molar-refractivity contribution in [1.29, 1.82) is 0 Å². The average molecular weight is 211 g/mol. The standard InChI is InChI=1S/C13H25NO/c15-11-5-10-14(13-8-4-9-13)12-6-2-1-3-7-12/h12-13,15H,1-11H2. The number of hydrogen-bond donors (Lipinski definition) is 1. The second-order valence-electron chi connectivity index (χ2n) is 5.19. The van der Waals surface area contributed by atoms with Gasteiger partial charge in [-0.2, -0.15) is 0 Å². The van der Waals surface area contributed by atoms with Crippen LogP contribution in [0.1, 0.15) is 57.8 Å². The molecule has 15 heavy (non-hydrogen) atoms. The van der Waals surface area contributed by atoms with Gasteiger partial charge in [0.05, 0.1) is 0 Å². The van der Waals surface area contributed by atoms with Gasteiger partial charge >= 0.3 is 0 Å². The van der Waals surface area contributed by atoms with Crippen molar-refractivity contribution in [3.05, 3.63) is 0 Å². The highest BCUT2D eigenvalue weighted by Gasteiger charge is 2.30. The first-order chi connectivity index (χ1) is 7.42. The van der Waals surface area contributed by atoms with Crippen LogP contribution >= 0.6 is 0 Å². The fraction of sp³-hybridized carbons (Fsp3) is 1.00. The lowest BCUT2D eigenvalue weighted by molar-refractivity contribution is 0.0538. The van der Waals surface area contributed by atoms with Gasteiger partial charge in [0.1, 0.15) is 0 Å². The Morgan fingerprint density at radius 2 is 1.47 bits per heavy atom. The highest BCUT2D eigenvalue weighted by Crippen LogP contribution is 2.31. The van der Waals surface area contributed by atoms with Crippen molar-refractivity contribution in [2.45, 2.75) is 69.9 Å². The zero-order valence-electron chi connectivity index (χ0n) is 9.83. The summed E-state index contributed by atoms with van der Waals surface area (Å²) in [6.07, 6.45) is 12.3. The quantitative estimate of drug-likeness (QED) is 0.755. The SMILES string of the molecule is OCCCN(C1CCCCC1)C1CCC1. The van der Waals surface area contributed by atoms with Crippen LogP contribution in [0.4, 0.5) is 0 Å². The zero-order chi connectivity index (χ0) is 10.5. The van der Waals surface area contributed by atoms with E-state index in [4.69, 9.17) is 5.11 Å². The van der Waals surface area contributed by atoms with E-state index in [1.165, 1.54) is 51.4 Å². The van der Waals surface area contributed by atoms with E-state index in [9.17, 15) is 0 Å². The lowest BCUT2D eigenvalue weighted by Crippen LogP contribution is -2.48. The topological polar surface area (TPSA) is 23.5 Å². The molecule has 2 saturated carbocycles. The maximum Gasteiger partial charge on any atom is 0.0443 e. The molecule has 0 aromatic heterocycles. The first kappa shape index (κ1) is 11.4. The van der Waals surface area contributed by atoms with Crippen LogP contribution in [-0.4, -0.2) is 35.2 Å². The first-order valence-electron chi connectivity index (χ1n) is 6.78. The van der Waals surface area contributed by atoms with Crippen molar-refractivity contribution in [2.24, 2.45) is 0 Å². The fourth-order valence-electron chi connectivity index (χ4n) is 3.05. The van der Waals surface area contributed by atoms with Gasteiger partial charge in [-0.3, -0.25) is 4.90 Å². The number of aliphatic hydroxyl groups excluding tert-OH is 1. The Morgan fingerprint density at radius 3 is 1.93 bits per heavy atom. The minimum absolute atomic E-state index is 0.357. The molecule has 2 nitrogen and oxygen atoms in total. The molecular weight excluding hydrogens is 186 g/mol. The summed E-state index contributed by atoms with van der Waals surface area (Å²) in [4.78, 5) is 2.72. The van der Waals surface area contributed by atoms with E-state index in [2.05, 4.69) is 4.90 Å². The third-order valence-electron chi connectivity index (χ3n) is 4.16. The Hall–Kier alpha value is -0.0800. The predicted molar refractivity (Wildman–Crippen MR) is 62.9 cm³/mol. The van der Waals surface area contributed by atoms with Crippen LogP contribution in [0.5, 0.6) is 0 Å². The van der Waals surface area contributed by atoms with Gasteiger partial charge in [-0.1, -0.05) is 25.7 Å². The van der Waals surface area contributed by atoms with E-state index in [0.29, 0.717) is 6.61 Å². The van der Waals surface area contributed by atoms with Gasteiger partial charge in [0.2, 0.25) is 0 Å². The molecule has 2 heteroatoms. The van der Waals surface area contributed by atoms with Crippen molar-refractivity contribution < 1.29 is 5.11 Å². The van der Waals surface area contributed by atoms with E-state index in [1.54, 1.807) is 0 Å². The van der Waals surface area contributed by atoms with Gasteiger partial charge < -0.3 is 5.11 Å². The van der Waals surface area contributed by atoms with Crippen LogP contribution < -0.4 is 0 Å². The minimum Gasteiger partial charge on any atom is -0.396 e. The van der Waals surface area contributed by atoms with Gasteiger partial charge in [0.15, 0.2) is 0 Å². The molecule has 2 rings (SSSR count). The van der Waals surface area contributed by atoms with Crippen LogP contribution in [0, 0.1) is 0 Å². The molecule has 0 atom stereocenters. The minimum atomic E-state index is 0.357. The molecule has 2 aliphatic carbocycles. The molecule has 88 valence electrons. The Labute approximate surface area is 93.7 Å². The van der Waals surface area contributed by atoms with Gasteiger partial charge in [-0.25, -0.2) is 0 Å². The van der Waals surface area contributed by atoms with Gasteiger partial charge in [0.25, 0.3) is 0 Å². The average Bonchev–Trinajstić information content (AvgIpc) is 2.22. The van der Waals surface area contributed by atoms with Crippen LogP contribution in [0.15, 0.2) is 0 Å². The summed E-state index contributed by atoms with van der Waals surface area (Å²) in [5.41, 5.74) is 0. The van der Waals surface area contributed by atoms with Crippen molar-refractivity contribution in [3.63, 3.8) is 0 Å². The summed E-state index contributed by atoms with van der Waals surface area (Å²) in [7, 11) is 0.